The third-order valence-electron chi connectivity index (χ3n) is 5.67. The molecule has 0 bridgehead atoms. The van der Waals surface area contributed by atoms with Gasteiger partial charge in [0.25, 0.3) is 0 Å². The molecule has 0 aliphatic carbocycles. The minimum atomic E-state index is -4.46. The first-order chi connectivity index (χ1) is 13.3. The van der Waals surface area contributed by atoms with Gasteiger partial charge in [0.15, 0.2) is 0 Å². The van der Waals surface area contributed by atoms with Crippen molar-refractivity contribution in [2.75, 3.05) is 13.1 Å². The average molecular weight is 389 g/mol. The van der Waals surface area contributed by atoms with Gasteiger partial charge in [-0.05, 0) is 43.0 Å². The van der Waals surface area contributed by atoms with Gasteiger partial charge in [-0.15, -0.1) is 0 Å². The van der Waals surface area contributed by atoms with E-state index in [4.69, 9.17) is 0 Å². The molecule has 0 radical (unpaired) electrons. The van der Waals surface area contributed by atoms with Crippen molar-refractivity contribution in [3.8, 4) is 0 Å². The largest absolute Gasteiger partial charge is 0.431 e. The highest BCUT2D eigenvalue weighted by Crippen LogP contribution is 2.38. The van der Waals surface area contributed by atoms with E-state index in [0.29, 0.717) is 31.3 Å². The fourth-order valence-corrected chi connectivity index (χ4v) is 4.15. The van der Waals surface area contributed by atoms with E-state index >= 15 is 0 Å². The summed E-state index contributed by atoms with van der Waals surface area (Å²) in [5.74, 6) is 0. The average Bonchev–Trinajstić information content (AvgIpc) is 3.03. The maximum Gasteiger partial charge on any atom is 0.431 e. The summed E-state index contributed by atoms with van der Waals surface area (Å²) in [5.41, 5.74) is 0.731. The molecule has 2 N–H and O–H groups in total. The van der Waals surface area contributed by atoms with Crippen LogP contribution in [0, 0.1) is 6.92 Å². The molecule has 1 aliphatic heterocycles. The Morgan fingerprint density at radius 1 is 1.14 bits per heavy atom. The second-order valence-electron chi connectivity index (χ2n) is 7.50. The Morgan fingerprint density at radius 3 is 2.54 bits per heavy atom. The first-order valence-electron chi connectivity index (χ1n) is 9.31. The first kappa shape index (κ1) is 19.0. The zero-order valence-electron chi connectivity index (χ0n) is 15.6. The second-order valence-corrected chi connectivity index (χ2v) is 7.50. The molecule has 28 heavy (non-hydrogen) atoms. The van der Waals surface area contributed by atoms with E-state index in [-0.39, 0.29) is 17.8 Å². The number of halogens is 3. The highest BCUT2D eigenvalue weighted by Gasteiger charge is 2.39. The molecule has 4 rings (SSSR count). The number of aryl methyl sites for hydroxylation is 1. The first-order valence-corrected chi connectivity index (χ1v) is 9.31. The molecule has 0 unspecified atom stereocenters. The smallest absolute Gasteiger partial charge is 0.385 e. The van der Waals surface area contributed by atoms with Crippen molar-refractivity contribution in [3.63, 3.8) is 0 Å². The number of fused-ring (bicyclic) bond motifs is 1. The molecule has 2 aromatic heterocycles. The van der Waals surface area contributed by atoms with Crippen LogP contribution in [0.5, 0.6) is 0 Å². The molecule has 0 amide bonds. The SMILES string of the molecule is Cc1ccccc1C1(O)CCN(Cc2c(C(F)(F)F)[nH]c3ncccc23)CC1. The third kappa shape index (κ3) is 3.40. The number of alkyl halides is 3. The number of benzene rings is 1. The molecule has 0 spiro atoms. The molecular weight excluding hydrogens is 367 g/mol. The Kier molecular flexibility index (Phi) is 4.67. The van der Waals surface area contributed by atoms with Gasteiger partial charge in [0.05, 0.1) is 5.60 Å². The Labute approximate surface area is 161 Å². The quantitative estimate of drug-likeness (QED) is 0.699. The molecule has 0 atom stereocenters. The van der Waals surface area contributed by atoms with Crippen molar-refractivity contribution in [1.29, 1.82) is 0 Å². The maximum atomic E-state index is 13.5. The van der Waals surface area contributed by atoms with Gasteiger partial charge >= 0.3 is 6.18 Å². The van der Waals surface area contributed by atoms with E-state index in [1.54, 1.807) is 12.1 Å². The number of aromatic nitrogens is 2. The van der Waals surface area contributed by atoms with Crippen LogP contribution in [-0.4, -0.2) is 33.1 Å². The number of piperidine rings is 1. The molecule has 3 heterocycles. The number of likely N-dealkylation sites (tertiary alicyclic amines) is 1. The number of hydrogen-bond acceptors (Lipinski definition) is 3. The van der Waals surface area contributed by atoms with Crippen LogP contribution in [0.15, 0.2) is 42.6 Å². The Hall–Kier alpha value is -2.38. The van der Waals surface area contributed by atoms with Crippen LogP contribution >= 0.6 is 0 Å². The van der Waals surface area contributed by atoms with Gasteiger partial charge < -0.3 is 10.1 Å². The number of hydrogen-bond donors (Lipinski definition) is 2. The van der Waals surface area contributed by atoms with Gasteiger partial charge in [-0.25, -0.2) is 4.98 Å². The number of nitrogens with one attached hydrogen (secondary N) is 1. The minimum absolute atomic E-state index is 0.171. The summed E-state index contributed by atoms with van der Waals surface area (Å²) in [6.07, 6.45) is -2.01. The highest BCUT2D eigenvalue weighted by molar-refractivity contribution is 5.81. The molecule has 1 aliphatic rings. The summed E-state index contributed by atoms with van der Waals surface area (Å²) in [4.78, 5) is 8.43. The molecule has 0 saturated carbocycles. The van der Waals surface area contributed by atoms with Gasteiger partial charge in [-0.2, -0.15) is 13.2 Å². The number of aromatic amines is 1. The van der Waals surface area contributed by atoms with E-state index in [0.717, 1.165) is 11.1 Å². The summed E-state index contributed by atoms with van der Waals surface area (Å²) in [5, 5.41) is 11.6. The zero-order valence-corrected chi connectivity index (χ0v) is 15.6. The Morgan fingerprint density at radius 2 is 1.86 bits per heavy atom. The molecular formula is C21H22F3N3O. The predicted octanol–water partition coefficient (Wildman–Crippen LogP) is 4.37. The van der Waals surface area contributed by atoms with Crippen LogP contribution in [-0.2, 0) is 18.3 Å². The van der Waals surface area contributed by atoms with E-state index in [1.807, 2.05) is 36.1 Å². The lowest BCUT2D eigenvalue weighted by Gasteiger charge is -2.39. The Bertz CT molecular complexity index is 988. The minimum Gasteiger partial charge on any atom is -0.385 e. The van der Waals surface area contributed by atoms with Crippen molar-refractivity contribution in [2.24, 2.45) is 0 Å². The molecule has 3 aromatic rings. The fourth-order valence-electron chi connectivity index (χ4n) is 4.15. The summed E-state index contributed by atoms with van der Waals surface area (Å²) in [6.45, 7) is 3.18. The monoisotopic (exact) mass is 389 g/mol. The van der Waals surface area contributed by atoms with Crippen molar-refractivity contribution in [3.05, 3.63) is 65.0 Å². The standard InChI is InChI=1S/C21H22F3N3O/c1-14-5-2-3-7-17(14)20(28)8-11-27(12-9-20)13-16-15-6-4-10-25-19(15)26-18(16)21(22,23)24/h2-7,10,28H,8-9,11-13H2,1H3,(H,25,26). The number of H-pyrrole nitrogens is 1. The van der Waals surface area contributed by atoms with E-state index in [2.05, 4.69) is 9.97 Å². The van der Waals surface area contributed by atoms with Crippen LogP contribution in [0.3, 0.4) is 0 Å². The van der Waals surface area contributed by atoms with E-state index in [9.17, 15) is 18.3 Å². The fraction of sp³-hybridized carbons (Fsp3) is 0.381. The zero-order chi connectivity index (χ0) is 19.9. The van der Waals surface area contributed by atoms with Gasteiger partial charge in [0.1, 0.15) is 11.3 Å². The molecule has 1 fully saturated rings. The topological polar surface area (TPSA) is 52.1 Å². The van der Waals surface area contributed by atoms with E-state index in [1.165, 1.54) is 6.20 Å². The van der Waals surface area contributed by atoms with Crippen molar-refractivity contribution < 1.29 is 18.3 Å². The number of rotatable bonds is 3. The molecule has 148 valence electrons. The molecule has 1 saturated heterocycles. The summed E-state index contributed by atoms with van der Waals surface area (Å²) in [6, 6.07) is 11.0. The van der Waals surface area contributed by atoms with Gasteiger partial charge in [-0.1, -0.05) is 24.3 Å². The second kappa shape index (κ2) is 6.90. The van der Waals surface area contributed by atoms with Gasteiger partial charge in [0, 0.05) is 36.8 Å². The summed E-state index contributed by atoms with van der Waals surface area (Å²) < 4.78 is 40.5. The van der Waals surface area contributed by atoms with Gasteiger partial charge in [-0.3, -0.25) is 4.90 Å². The third-order valence-corrected chi connectivity index (χ3v) is 5.67. The van der Waals surface area contributed by atoms with Crippen molar-refractivity contribution in [2.45, 2.75) is 38.1 Å². The van der Waals surface area contributed by atoms with Crippen LogP contribution in [0.25, 0.3) is 11.0 Å². The maximum absolute atomic E-state index is 13.5. The predicted molar refractivity (Wildman–Crippen MR) is 101 cm³/mol. The van der Waals surface area contributed by atoms with Crippen LogP contribution < -0.4 is 0 Å². The van der Waals surface area contributed by atoms with Crippen LogP contribution in [0.2, 0.25) is 0 Å². The van der Waals surface area contributed by atoms with Crippen LogP contribution in [0.1, 0.15) is 35.2 Å². The van der Waals surface area contributed by atoms with Gasteiger partial charge in [0.2, 0.25) is 0 Å². The molecule has 4 nitrogen and oxygen atoms in total. The lowest BCUT2D eigenvalue weighted by atomic mass is 9.82. The molecule has 7 heteroatoms. The highest BCUT2D eigenvalue weighted by atomic mass is 19.4. The number of pyridine rings is 1. The summed E-state index contributed by atoms with van der Waals surface area (Å²) >= 11 is 0. The normalized spacial score (nSPS) is 17.9. The van der Waals surface area contributed by atoms with E-state index < -0.39 is 17.5 Å². The van der Waals surface area contributed by atoms with Crippen molar-refractivity contribution >= 4 is 11.0 Å². The van der Waals surface area contributed by atoms with Crippen molar-refractivity contribution in [1.82, 2.24) is 14.9 Å². The molecule has 1 aromatic carbocycles. The number of nitrogens with zero attached hydrogens (tertiary/aromatic N) is 2. The summed E-state index contributed by atoms with van der Waals surface area (Å²) in [7, 11) is 0. The Balaban J connectivity index is 1.57. The lowest BCUT2D eigenvalue weighted by Crippen LogP contribution is -2.42. The lowest BCUT2D eigenvalue weighted by molar-refractivity contribution is -0.141. The number of aliphatic hydroxyl groups is 1. The van der Waals surface area contributed by atoms with Crippen LogP contribution in [0.4, 0.5) is 13.2 Å².